The molecule has 0 bridgehead atoms. The van der Waals surface area contributed by atoms with Gasteiger partial charge in [0.2, 0.25) is 5.95 Å². The number of nitrogens with zero attached hydrogens (tertiary/aromatic N) is 3. The van der Waals surface area contributed by atoms with E-state index in [1.54, 1.807) is 24.4 Å². The van der Waals surface area contributed by atoms with Crippen molar-refractivity contribution in [2.75, 3.05) is 4.90 Å². The SMILES string of the molecule is Cc1ccc(C(C)(C)C)cc1/C(O)=C1\C(=O)C(=O)N(c2nc3ccccc3[nH]2)C1c1ccccn1. The number of benzene rings is 2. The summed E-state index contributed by atoms with van der Waals surface area (Å²) in [4.78, 5) is 40.2. The Morgan fingerprint density at radius 2 is 1.77 bits per heavy atom. The average molecular weight is 467 g/mol. The van der Waals surface area contributed by atoms with Gasteiger partial charge >= 0.3 is 5.91 Å². The number of rotatable bonds is 3. The molecular weight excluding hydrogens is 440 g/mol. The number of aliphatic hydroxyl groups is 1. The number of aromatic nitrogens is 3. The summed E-state index contributed by atoms with van der Waals surface area (Å²) < 4.78 is 0. The summed E-state index contributed by atoms with van der Waals surface area (Å²) in [6, 6.07) is 17.5. The van der Waals surface area contributed by atoms with Crippen molar-refractivity contribution in [3.63, 3.8) is 0 Å². The predicted molar refractivity (Wildman–Crippen MR) is 135 cm³/mol. The number of aromatic amines is 1. The van der Waals surface area contributed by atoms with Crippen molar-refractivity contribution in [2.45, 2.75) is 39.2 Å². The van der Waals surface area contributed by atoms with Crippen LogP contribution < -0.4 is 4.90 Å². The zero-order valence-electron chi connectivity index (χ0n) is 20.0. The highest BCUT2D eigenvalue weighted by Gasteiger charge is 2.49. The average Bonchev–Trinajstić information content (AvgIpc) is 3.37. The summed E-state index contributed by atoms with van der Waals surface area (Å²) in [6.07, 6.45) is 1.60. The van der Waals surface area contributed by atoms with Crippen LogP contribution in [0, 0.1) is 6.92 Å². The van der Waals surface area contributed by atoms with E-state index >= 15 is 0 Å². The van der Waals surface area contributed by atoms with Crippen molar-refractivity contribution in [3.8, 4) is 0 Å². The Bertz CT molecular complexity index is 1460. The number of anilines is 1. The minimum absolute atomic E-state index is 0.0108. The fraction of sp³-hybridized carbons (Fsp3) is 0.214. The highest BCUT2D eigenvalue weighted by molar-refractivity contribution is 6.51. The number of amides is 1. The van der Waals surface area contributed by atoms with Crippen LogP contribution in [-0.2, 0) is 15.0 Å². The van der Waals surface area contributed by atoms with Crippen LogP contribution in [0.5, 0.6) is 0 Å². The molecule has 1 unspecified atom stereocenters. The Morgan fingerprint density at radius 1 is 1.03 bits per heavy atom. The highest BCUT2D eigenvalue weighted by Crippen LogP contribution is 2.41. The van der Waals surface area contributed by atoms with E-state index in [1.165, 1.54) is 4.90 Å². The molecule has 3 heterocycles. The van der Waals surface area contributed by atoms with E-state index in [9.17, 15) is 14.7 Å². The van der Waals surface area contributed by atoms with Crippen molar-refractivity contribution in [1.82, 2.24) is 15.0 Å². The molecule has 0 aliphatic carbocycles. The first-order valence-corrected chi connectivity index (χ1v) is 11.4. The number of nitrogens with one attached hydrogen (secondary N) is 1. The van der Waals surface area contributed by atoms with Crippen molar-refractivity contribution in [1.29, 1.82) is 0 Å². The number of Topliss-reactive ketones (excluding diaryl/α,β-unsaturated/α-hetero) is 1. The second-order valence-electron chi connectivity index (χ2n) is 9.78. The van der Waals surface area contributed by atoms with E-state index in [2.05, 4.69) is 35.7 Å². The van der Waals surface area contributed by atoms with Gasteiger partial charge in [-0.2, -0.15) is 0 Å². The monoisotopic (exact) mass is 466 g/mol. The first-order chi connectivity index (χ1) is 16.7. The van der Waals surface area contributed by atoms with E-state index < -0.39 is 17.7 Å². The minimum atomic E-state index is -0.936. The molecule has 35 heavy (non-hydrogen) atoms. The van der Waals surface area contributed by atoms with Gasteiger partial charge in [0.1, 0.15) is 11.8 Å². The van der Waals surface area contributed by atoms with Gasteiger partial charge in [-0.3, -0.25) is 19.5 Å². The quantitative estimate of drug-likeness (QED) is 0.246. The van der Waals surface area contributed by atoms with Gasteiger partial charge in [0, 0.05) is 11.8 Å². The standard InChI is InChI=1S/C28H26N4O3/c1-16-12-13-17(28(2,3)4)15-18(16)24(33)22-23(21-11-7-8-14-29-21)32(26(35)25(22)34)27-30-19-9-5-6-10-20(19)31-27/h5-15,23,33H,1-4H3,(H,30,31)/b24-22+. The molecule has 1 aliphatic rings. The summed E-state index contributed by atoms with van der Waals surface area (Å²) in [5.74, 6) is -1.55. The molecule has 1 amide bonds. The molecule has 2 aromatic carbocycles. The number of H-pyrrole nitrogens is 1. The minimum Gasteiger partial charge on any atom is -0.507 e. The van der Waals surface area contributed by atoms with Gasteiger partial charge in [-0.15, -0.1) is 0 Å². The van der Waals surface area contributed by atoms with Crippen LogP contribution >= 0.6 is 0 Å². The Kier molecular flexibility index (Phi) is 5.28. The van der Waals surface area contributed by atoms with Crippen LogP contribution in [0.25, 0.3) is 16.8 Å². The fourth-order valence-corrected chi connectivity index (χ4v) is 4.41. The van der Waals surface area contributed by atoms with Gasteiger partial charge in [0.25, 0.3) is 5.78 Å². The number of pyridine rings is 1. The van der Waals surface area contributed by atoms with E-state index in [1.807, 2.05) is 49.4 Å². The number of carbonyl (C=O) groups is 2. The molecule has 4 aromatic rings. The molecule has 7 heteroatoms. The second-order valence-corrected chi connectivity index (χ2v) is 9.78. The molecule has 0 saturated carbocycles. The molecule has 0 spiro atoms. The molecule has 2 aromatic heterocycles. The first kappa shape index (κ1) is 22.5. The molecule has 2 N–H and O–H groups in total. The number of aliphatic hydroxyl groups excluding tert-OH is 1. The van der Waals surface area contributed by atoms with Gasteiger partial charge in [-0.25, -0.2) is 4.98 Å². The number of carbonyl (C=O) groups excluding carboxylic acids is 2. The summed E-state index contributed by atoms with van der Waals surface area (Å²) in [5.41, 5.74) is 4.00. The molecule has 1 atom stereocenters. The normalized spacial score (nSPS) is 17.9. The lowest BCUT2D eigenvalue weighted by Gasteiger charge is -2.23. The van der Waals surface area contributed by atoms with Crippen molar-refractivity contribution < 1.29 is 14.7 Å². The predicted octanol–water partition coefficient (Wildman–Crippen LogP) is 5.19. The van der Waals surface area contributed by atoms with Crippen LogP contribution in [0.1, 0.15) is 49.2 Å². The third-order valence-corrected chi connectivity index (χ3v) is 6.38. The lowest BCUT2D eigenvalue weighted by molar-refractivity contribution is -0.132. The van der Waals surface area contributed by atoms with Crippen LogP contribution in [0.2, 0.25) is 0 Å². The summed E-state index contributed by atoms with van der Waals surface area (Å²) in [5, 5.41) is 11.5. The molecule has 176 valence electrons. The van der Waals surface area contributed by atoms with Crippen LogP contribution in [0.4, 0.5) is 5.95 Å². The molecular formula is C28H26N4O3. The zero-order chi connectivity index (χ0) is 24.9. The molecule has 1 aliphatic heterocycles. The van der Waals surface area contributed by atoms with Crippen LogP contribution in [-0.4, -0.2) is 31.7 Å². The van der Waals surface area contributed by atoms with Crippen molar-refractivity contribution in [3.05, 3.63) is 94.8 Å². The fourth-order valence-electron chi connectivity index (χ4n) is 4.41. The van der Waals surface area contributed by atoms with E-state index in [0.29, 0.717) is 16.8 Å². The van der Waals surface area contributed by atoms with Crippen molar-refractivity contribution >= 4 is 34.4 Å². The Labute approximate surface area is 203 Å². The van der Waals surface area contributed by atoms with Gasteiger partial charge < -0.3 is 10.1 Å². The van der Waals surface area contributed by atoms with E-state index in [0.717, 1.165) is 16.6 Å². The number of ketones is 1. The van der Waals surface area contributed by atoms with Crippen LogP contribution in [0.15, 0.2) is 72.4 Å². The lowest BCUT2D eigenvalue weighted by Crippen LogP contribution is -2.30. The largest absolute Gasteiger partial charge is 0.507 e. The maximum Gasteiger partial charge on any atom is 0.302 e. The number of para-hydroxylation sites is 2. The smallest absolute Gasteiger partial charge is 0.302 e. The van der Waals surface area contributed by atoms with E-state index in [-0.39, 0.29) is 22.7 Å². The Balaban J connectivity index is 1.74. The zero-order valence-corrected chi connectivity index (χ0v) is 20.0. The lowest BCUT2D eigenvalue weighted by atomic mass is 9.84. The molecule has 5 rings (SSSR count). The van der Waals surface area contributed by atoms with Crippen molar-refractivity contribution in [2.24, 2.45) is 0 Å². The maximum absolute atomic E-state index is 13.4. The Morgan fingerprint density at radius 3 is 2.46 bits per heavy atom. The van der Waals surface area contributed by atoms with E-state index in [4.69, 9.17) is 0 Å². The number of aryl methyl sites for hydroxylation is 1. The van der Waals surface area contributed by atoms with Crippen LogP contribution in [0.3, 0.4) is 0 Å². The number of fused-ring (bicyclic) bond motifs is 1. The third kappa shape index (κ3) is 3.79. The Hall–Kier alpha value is -4.26. The molecule has 1 fully saturated rings. The number of hydrogen-bond donors (Lipinski definition) is 2. The highest BCUT2D eigenvalue weighted by atomic mass is 16.3. The molecule has 1 saturated heterocycles. The summed E-state index contributed by atoms with van der Waals surface area (Å²) in [6.45, 7) is 8.11. The second kappa shape index (κ2) is 8.20. The molecule has 7 nitrogen and oxygen atoms in total. The summed E-state index contributed by atoms with van der Waals surface area (Å²) in [7, 11) is 0. The number of hydrogen-bond acceptors (Lipinski definition) is 5. The first-order valence-electron chi connectivity index (χ1n) is 11.4. The summed E-state index contributed by atoms with van der Waals surface area (Å²) >= 11 is 0. The number of imidazole rings is 1. The third-order valence-electron chi connectivity index (χ3n) is 6.38. The topological polar surface area (TPSA) is 99.2 Å². The van der Waals surface area contributed by atoms with Gasteiger partial charge in [-0.1, -0.05) is 51.1 Å². The van der Waals surface area contributed by atoms with Gasteiger partial charge in [-0.05, 0) is 53.8 Å². The molecule has 0 radical (unpaired) electrons. The van der Waals surface area contributed by atoms with Gasteiger partial charge in [0.05, 0.1) is 22.3 Å². The maximum atomic E-state index is 13.4. The van der Waals surface area contributed by atoms with Gasteiger partial charge in [0.15, 0.2) is 0 Å².